The SMILES string of the molecule is Cc1ccc(C(=O)CN(C(=O)OC(C)(C)C)c2cc(C3=NOC(c4cc(Cl)cc(Cl)c4)(C(F)(F)F)C3)ccc2Cl)cc1. The summed E-state index contributed by atoms with van der Waals surface area (Å²) in [5, 5.41) is 3.84. The van der Waals surface area contributed by atoms with E-state index in [0.717, 1.165) is 22.6 Å². The molecule has 6 nitrogen and oxygen atoms in total. The van der Waals surface area contributed by atoms with E-state index in [0.29, 0.717) is 5.56 Å². The van der Waals surface area contributed by atoms with Gasteiger partial charge in [-0.3, -0.25) is 9.69 Å². The van der Waals surface area contributed by atoms with Gasteiger partial charge in [0.1, 0.15) is 5.60 Å². The van der Waals surface area contributed by atoms with E-state index in [4.69, 9.17) is 44.4 Å². The van der Waals surface area contributed by atoms with Crippen LogP contribution in [0.4, 0.5) is 23.7 Å². The number of ether oxygens (including phenoxy) is 1. The van der Waals surface area contributed by atoms with Gasteiger partial charge in [-0.05, 0) is 58.0 Å². The summed E-state index contributed by atoms with van der Waals surface area (Å²) in [6.45, 7) is 6.40. The number of hydrogen-bond acceptors (Lipinski definition) is 5. The molecule has 3 aromatic rings. The average molecular weight is 642 g/mol. The molecule has 1 aliphatic heterocycles. The van der Waals surface area contributed by atoms with Gasteiger partial charge in [0.15, 0.2) is 5.78 Å². The monoisotopic (exact) mass is 640 g/mol. The third-order valence-electron chi connectivity index (χ3n) is 6.37. The Bertz CT molecular complexity index is 1530. The van der Waals surface area contributed by atoms with Crippen molar-refractivity contribution in [1.82, 2.24) is 0 Å². The Hall–Kier alpha value is -3.27. The van der Waals surface area contributed by atoms with Gasteiger partial charge < -0.3 is 9.57 Å². The van der Waals surface area contributed by atoms with E-state index in [1.807, 2.05) is 6.92 Å². The molecule has 0 radical (unpaired) electrons. The smallest absolute Gasteiger partial charge is 0.435 e. The molecule has 0 aliphatic carbocycles. The number of nitrogens with zero attached hydrogens (tertiary/aromatic N) is 2. The summed E-state index contributed by atoms with van der Waals surface area (Å²) >= 11 is 18.5. The van der Waals surface area contributed by atoms with Crippen molar-refractivity contribution in [1.29, 1.82) is 0 Å². The third-order valence-corrected chi connectivity index (χ3v) is 7.13. The molecule has 1 heterocycles. The van der Waals surface area contributed by atoms with Crippen molar-refractivity contribution >= 4 is 58.1 Å². The van der Waals surface area contributed by atoms with E-state index in [-0.39, 0.29) is 37.6 Å². The zero-order valence-electron chi connectivity index (χ0n) is 23.0. The Kier molecular flexibility index (Phi) is 8.88. The van der Waals surface area contributed by atoms with E-state index in [1.54, 1.807) is 45.0 Å². The number of anilines is 1. The van der Waals surface area contributed by atoms with Gasteiger partial charge in [-0.15, -0.1) is 0 Å². The highest BCUT2D eigenvalue weighted by Gasteiger charge is 2.62. The van der Waals surface area contributed by atoms with Crippen LogP contribution in [-0.2, 0) is 15.2 Å². The van der Waals surface area contributed by atoms with Crippen molar-refractivity contribution in [3.05, 3.63) is 98.0 Å². The lowest BCUT2D eigenvalue weighted by Gasteiger charge is -2.30. The zero-order chi connectivity index (χ0) is 31.0. The molecule has 0 aromatic heterocycles. The molecule has 0 saturated heterocycles. The quantitative estimate of drug-likeness (QED) is 0.252. The standard InChI is InChI=1S/C30H26Cl3F3N2O4/c1-17-5-7-18(8-6-17)26(39)16-38(27(40)41-28(2,3)4)25-11-19(9-10-23(25)33)24-15-29(42-37-24,30(34,35)36)20-12-21(31)14-22(32)13-20/h5-14H,15-16H2,1-4H3. The van der Waals surface area contributed by atoms with Crippen LogP contribution in [0.5, 0.6) is 0 Å². The fourth-order valence-corrected chi connectivity index (χ4v) is 5.03. The van der Waals surface area contributed by atoms with Gasteiger partial charge in [-0.2, -0.15) is 13.2 Å². The Morgan fingerprint density at radius 3 is 2.17 bits per heavy atom. The molecule has 1 aliphatic rings. The van der Waals surface area contributed by atoms with Crippen LogP contribution in [0.15, 0.2) is 65.8 Å². The number of aryl methyl sites for hydroxylation is 1. The van der Waals surface area contributed by atoms with Gasteiger partial charge in [0.2, 0.25) is 0 Å². The zero-order valence-corrected chi connectivity index (χ0v) is 25.3. The fraction of sp³-hybridized carbons (Fsp3) is 0.300. The number of ketones is 1. The van der Waals surface area contributed by atoms with Crippen LogP contribution >= 0.6 is 34.8 Å². The molecule has 0 bridgehead atoms. The molecular weight excluding hydrogens is 616 g/mol. The number of benzene rings is 3. The Labute approximate surface area is 255 Å². The molecule has 0 spiro atoms. The maximum Gasteiger partial charge on any atom is 0.435 e. The van der Waals surface area contributed by atoms with E-state index < -0.39 is 42.2 Å². The fourth-order valence-electron chi connectivity index (χ4n) is 4.28. The third kappa shape index (κ3) is 6.85. The van der Waals surface area contributed by atoms with Crippen molar-refractivity contribution < 1.29 is 32.3 Å². The molecule has 0 N–H and O–H groups in total. The number of rotatable bonds is 6. The highest BCUT2D eigenvalue weighted by Crippen LogP contribution is 2.50. The van der Waals surface area contributed by atoms with Crippen LogP contribution in [0.25, 0.3) is 0 Å². The largest absolute Gasteiger partial charge is 0.443 e. The first-order valence-electron chi connectivity index (χ1n) is 12.7. The highest BCUT2D eigenvalue weighted by molar-refractivity contribution is 6.35. The second-order valence-electron chi connectivity index (χ2n) is 10.8. The molecule has 222 valence electrons. The summed E-state index contributed by atoms with van der Waals surface area (Å²) in [4.78, 5) is 32.6. The number of hydrogen-bond donors (Lipinski definition) is 0. The van der Waals surface area contributed by atoms with E-state index in [1.165, 1.54) is 24.3 Å². The molecule has 1 atom stereocenters. The average Bonchev–Trinajstić information content (AvgIpc) is 3.34. The number of halogens is 6. The molecule has 42 heavy (non-hydrogen) atoms. The molecule has 1 amide bonds. The number of oxime groups is 1. The lowest BCUT2D eigenvalue weighted by molar-refractivity contribution is -0.275. The van der Waals surface area contributed by atoms with Gasteiger partial charge in [-0.1, -0.05) is 75.9 Å². The highest BCUT2D eigenvalue weighted by atomic mass is 35.5. The van der Waals surface area contributed by atoms with Gasteiger partial charge in [0, 0.05) is 33.2 Å². The van der Waals surface area contributed by atoms with Gasteiger partial charge in [0.25, 0.3) is 5.60 Å². The van der Waals surface area contributed by atoms with E-state index in [2.05, 4.69) is 5.16 Å². The second-order valence-corrected chi connectivity index (χ2v) is 12.1. The first-order valence-corrected chi connectivity index (χ1v) is 13.8. The predicted molar refractivity (Wildman–Crippen MR) is 157 cm³/mol. The van der Waals surface area contributed by atoms with E-state index in [9.17, 15) is 22.8 Å². The molecule has 0 fully saturated rings. The van der Waals surface area contributed by atoms with Crippen LogP contribution in [0.1, 0.15) is 54.2 Å². The van der Waals surface area contributed by atoms with Crippen LogP contribution in [0.2, 0.25) is 15.1 Å². The Morgan fingerprint density at radius 2 is 1.60 bits per heavy atom. The topological polar surface area (TPSA) is 68.2 Å². The summed E-state index contributed by atoms with van der Waals surface area (Å²) in [6, 6.07) is 14.5. The van der Waals surface area contributed by atoms with E-state index >= 15 is 0 Å². The number of amides is 1. The minimum Gasteiger partial charge on any atom is -0.443 e. The molecule has 12 heteroatoms. The summed E-state index contributed by atoms with van der Waals surface area (Å²) in [7, 11) is 0. The molecular formula is C30H26Cl3F3N2O4. The van der Waals surface area contributed by atoms with Crippen LogP contribution in [-0.4, -0.2) is 35.9 Å². The number of Topliss-reactive ketones (excluding diaryl/α,β-unsaturated/α-hetero) is 1. The lowest BCUT2D eigenvalue weighted by atomic mass is 9.86. The molecule has 0 saturated carbocycles. The maximum absolute atomic E-state index is 14.5. The lowest BCUT2D eigenvalue weighted by Crippen LogP contribution is -2.42. The number of carbonyl (C=O) groups excluding carboxylic acids is 2. The molecule has 1 unspecified atom stereocenters. The normalized spacial score (nSPS) is 17.0. The van der Waals surface area contributed by atoms with Gasteiger partial charge in [0.05, 0.1) is 23.0 Å². The first-order chi connectivity index (χ1) is 19.5. The summed E-state index contributed by atoms with van der Waals surface area (Å²) in [5.41, 5.74) is -2.64. The van der Waals surface area contributed by atoms with Crippen molar-refractivity contribution in [3.63, 3.8) is 0 Å². The van der Waals surface area contributed by atoms with Crippen molar-refractivity contribution in [2.75, 3.05) is 11.4 Å². The Balaban J connectivity index is 1.73. The minimum atomic E-state index is -4.90. The Morgan fingerprint density at radius 1 is 0.976 bits per heavy atom. The van der Waals surface area contributed by atoms with Crippen LogP contribution in [0.3, 0.4) is 0 Å². The minimum absolute atomic E-state index is 0.00167. The van der Waals surface area contributed by atoms with Crippen LogP contribution < -0.4 is 4.90 Å². The summed E-state index contributed by atoms with van der Waals surface area (Å²) in [6.07, 6.45) is -6.49. The summed E-state index contributed by atoms with van der Waals surface area (Å²) in [5.74, 6) is -0.405. The predicted octanol–water partition coefficient (Wildman–Crippen LogP) is 9.16. The van der Waals surface area contributed by atoms with Crippen LogP contribution in [0, 0.1) is 6.92 Å². The second kappa shape index (κ2) is 11.8. The van der Waals surface area contributed by atoms with Gasteiger partial charge >= 0.3 is 12.3 Å². The van der Waals surface area contributed by atoms with Crippen molar-refractivity contribution in [3.8, 4) is 0 Å². The molecule has 4 rings (SSSR count). The number of alkyl halides is 3. The van der Waals surface area contributed by atoms with Gasteiger partial charge in [-0.25, -0.2) is 4.79 Å². The molecule has 3 aromatic carbocycles. The number of carbonyl (C=O) groups is 2. The first kappa shape index (κ1) is 31.7. The van der Waals surface area contributed by atoms with Crippen molar-refractivity contribution in [2.45, 2.75) is 51.5 Å². The van der Waals surface area contributed by atoms with Crippen molar-refractivity contribution in [2.24, 2.45) is 5.16 Å². The maximum atomic E-state index is 14.5. The summed E-state index contributed by atoms with van der Waals surface area (Å²) < 4.78 is 49.1.